The van der Waals surface area contributed by atoms with Crippen molar-refractivity contribution in [1.29, 1.82) is 0 Å². The second-order valence-corrected chi connectivity index (χ2v) is 5.16. The number of piperidine rings is 1. The third-order valence-electron chi connectivity index (χ3n) is 3.25. The maximum atomic E-state index is 4.08. The van der Waals surface area contributed by atoms with Gasteiger partial charge in [-0.1, -0.05) is 18.2 Å². The van der Waals surface area contributed by atoms with Crippen LogP contribution >= 0.6 is 12.6 Å². The summed E-state index contributed by atoms with van der Waals surface area (Å²) in [6.07, 6.45) is 3.01. The van der Waals surface area contributed by atoms with Gasteiger partial charge in [0, 0.05) is 11.4 Å². The molecule has 1 aliphatic carbocycles. The summed E-state index contributed by atoms with van der Waals surface area (Å²) in [6.45, 7) is 2.73. The van der Waals surface area contributed by atoms with Crippen molar-refractivity contribution in [3.05, 3.63) is 30.3 Å². The summed E-state index contributed by atoms with van der Waals surface area (Å²) in [6, 6.07) is 9.79. The number of likely N-dealkylation sites (tertiary alicyclic amines) is 1. The van der Waals surface area contributed by atoms with Gasteiger partial charge in [-0.3, -0.25) is 0 Å². The molecule has 1 saturated heterocycles. The molecule has 2 heteroatoms. The highest BCUT2D eigenvalue weighted by atomic mass is 32.1. The molecular formula is C13H19NS. The zero-order valence-corrected chi connectivity index (χ0v) is 10.2. The Kier molecular flexibility index (Phi) is 3.71. The van der Waals surface area contributed by atoms with Crippen molar-refractivity contribution in [2.45, 2.75) is 17.7 Å². The first-order valence-electron chi connectivity index (χ1n) is 5.68. The topological polar surface area (TPSA) is 3.24 Å². The highest BCUT2D eigenvalue weighted by Gasteiger charge is 2.40. The van der Waals surface area contributed by atoms with Crippen molar-refractivity contribution in [2.24, 2.45) is 11.8 Å². The van der Waals surface area contributed by atoms with E-state index < -0.39 is 0 Å². The molecule has 1 aromatic carbocycles. The minimum atomic E-state index is 1.02. The van der Waals surface area contributed by atoms with Crippen LogP contribution in [0, 0.1) is 11.8 Å². The largest absolute Gasteiger partial charge is 0.306 e. The lowest BCUT2D eigenvalue weighted by Crippen LogP contribution is -2.26. The molecule has 1 aliphatic heterocycles. The van der Waals surface area contributed by atoms with E-state index >= 15 is 0 Å². The highest BCUT2D eigenvalue weighted by molar-refractivity contribution is 7.80. The van der Waals surface area contributed by atoms with Crippen molar-refractivity contribution < 1.29 is 0 Å². The summed E-state index contributed by atoms with van der Waals surface area (Å²) in [4.78, 5) is 3.47. The second kappa shape index (κ2) is 5.04. The first kappa shape index (κ1) is 11.0. The van der Waals surface area contributed by atoms with Gasteiger partial charge in [-0.25, -0.2) is 0 Å². The van der Waals surface area contributed by atoms with Gasteiger partial charge in [0.15, 0.2) is 0 Å². The molecule has 15 heavy (non-hydrogen) atoms. The van der Waals surface area contributed by atoms with Gasteiger partial charge in [0.05, 0.1) is 0 Å². The Hall–Kier alpha value is -0.470. The molecule has 82 valence electrons. The normalized spacial score (nSPS) is 28.7. The van der Waals surface area contributed by atoms with E-state index in [0.717, 1.165) is 16.7 Å². The number of nitrogens with zero attached hydrogens (tertiary/aromatic N) is 1. The summed E-state index contributed by atoms with van der Waals surface area (Å²) in [5.74, 6) is 2.25. The summed E-state index contributed by atoms with van der Waals surface area (Å²) >= 11 is 4.08. The number of fused-ring (bicyclic) bond motifs is 1. The van der Waals surface area contributed by atoms with E-state index in [4.69, 9.17) is 0 Å². The Labute approximate surface area is 97.9 Å². The minimum Gasteiger partial charge on any atom is -0.306 e. The van der Waals surface area contributed by atoms with Crippen molar-refractivity contribution in [1.82, 2.24) is 4.90 Å². The quantitative estimate of drug-likeness (QED) is 0.659. The third-order valence-corrected chi connectivity index (χ3v) is 3.55. The van der Waals surface area contributed by atoms with Crippen LogP contribution in [-0.4, -0.2) is 25.0 Å². The van der Waals surface area contributed by atoms with Gasteiger partial charge < -0.3 is 4.90 Å². The fourth-order valence-corrected chi connectivity index (χ4v) is 2.37. The molecule has 0 N–H and O–H groups in total. The van der Waals surface area contributed by atoms with Gasteiger partial charge in [0.1, 0.15) is 0 Å². The van der Waals surface area contributed by atoms with Gasteiger partial charge in [-0.2, -0.15) is 0 Å². The zero-order valence-electron chi connectivity index (χ0n) is 9.26. The molecular weight excluding hydrogens is 202 g/mol. The summed E-state index contributed by atoms with van der Waals surface area (Å²) < 4.78 is 0. The number of rotatable bonds is 0. The smallest absolute Gasteiger partial charge is 0.00399 e. The van der Waals surface area contributed by atoms with E-state index in [1.54, 1.807) is 0 Å². The minimum absolute atomic E-state index is 1.02. The Balaban J connectivity index is 0.000000115. The maximum Gasteiger partial charge on any atom is 0.00399 e. The summed E-state index contributed by atoms with van der Waals surface area (Å²) in [7, 11) is 2.23. The van der Waals surface area contributed by atoms with E-state index in [2.05, 4.69) is 24.6 Å². The van der Waals surface area contributed by atoms with Gasteiger partial charge in [0.2, 0.25) is 0 Å². The maximum absolute atomic E-state index is 4.08. The molecule has 1 saturated carbocycles. The average molecular weight is 221 g/mol. The molecule has 1 nitrogen and oxygen atoms in total. The van der Waals surface area contributed by atoms with Gasteiger partial charge >= 0.3 is 0 Å². The predicted octanol–water partition coefficient (Wildman–Crippen LogP) is 2.93. The van der Waals surface area contributed by atoms with E-state index in [0.29, 0.717) is 0 Å². The molecule has 3 rings (SSSR count). The second-order valence-electron chi connectivity index (χ2n) is 4.64. The van der Waals surface area contributed by atoms with E-state index in [1.807, 2.05) is 30.3 Å². The lowest BCUT2D eigenvalue weighted by Gasteiger charge is -2.20. The van der Waals surface area contributed by atoms with Crippen LogP contribution in [0.1, 0.15) is 12.8 Å². The predicted molar refractivity (Wildman–Crippen MR) is 67.4 cm³/mol. The lowest BCUT2D eigenvalue weighted by molar-refractivity contribution is 0.266. The van der Waals surface area contributed by atoms with Crippen LogP contribution in [0.5, 0.6) is 0 Å². The van der Waals surface area contributed by atoms with Crippen LogP contribution in [0.3, 0.4) is 0 Å². The molecule has 1 aromatic rings. The lowest BCUT2D eigenvalue weighted by atomic mass is 10.1. The Morgan fingerprint density at radius 2 is 1.93 bits per heavy atom. The Morgan fingerprint density at radius 3 is 2.40 bits per heavy atom. The fraction of sp³-hybridized carbons (Fsp3) is 0.538. The monoisotopic (exact) mass is 221 g/mol. The number of thiol groups is 1. The van der Waals surface area contributed by atoms with Crippen LogP contribution in [0.25, 0.3) is 0 Å². The van der Waals surface area contributed by atoms with Gasteiger partial charge in [-0.15, -0.1) is 12.6 Å². The van der Waals surface area contributed by atoms with Crippen molar-refractivity contribution in [2.75, 3.05) is 20.1 Å². The van der Waals surface area contributed by atoms with E-state index in [9.17, 15) is 0 Å². The van der Waals surface area contributed by atoms with E-state index in [-0.39, 0.29) is 0 Å². The molecule has 0 radical (unpaired) electrons. The molecule has 0 amide bonds. The fourth-order valence-electron chi connectivity index (χ4n) is 2.19. The number of benzene rings is 1. The number of hydrogen-bond donors (Lipinski definition) is 1. The molecule has 0 bridgehead atoms. The Bertz CT molecular complexity index is 299. The summed E-state index contributed by atoms with van der Waals surface area (Å²) in [5.41, 5.74) is 0. The van der Waals surface area contributed by atoms with E-state index in [1.165, 1.54) is 25.9 Å². The summed E-state index contributed by atoms with van der Waals surface area (Å²) in [5, 5.41) is 0. The molecule has 2 aliphatic rings. The molecule has 1 heterocycles. The molecule has 0 spiro atoms. The standard InChI is InChI=1S/C7H13N.C6H6S/c1-8-3-2-6-4-7(6)5-8;7-6-4-2-1-3-5-6/h6-7H,2-5H2,1H3;1-5,7H. The highest BCUT2D eigenvalue weighted by Crippen LogP contribution is 2.44. The molecule has 2 unspecified atom stereocenters. The first-order valence-corrected chi connectivity index (χ1v) is 6.13. The van der Waals surface area contributed by atoms with Crippen LogP contribution in [0.15, 0.2) is 35.2 Å². The average Bonchev–Trinajstić information content (AvgIpc) is 2.98. The SMILES string of the molecule is CN1CCC2CC2C1.Sc1ccccc1. The van der Waals surface area contributed by atoms with Gasteiger partial charge in [0.25, 0.3) is 0 Å². The molecule has 0 aromatic heterocycles. The van der Waals surface area contributed by atoms with Crippen molar-refractivity contribution in [3.8, 4) is 0 Å². The van der Waals surface area contributed by atoms with Crippen molar-refractivity contribution in [3.63, 3.8) is 0 Å². The molecule has 2 atom stereocenters. The van der Waals surface area contributed by atoms with Crippen LogP contribution in [0.4, 0.5) is 0 Å². The molecule has 2 fully saturated rings. The van der Waals surface area contributed by atoms with Crippen LogP contribution in [-0.2, 0) is 0 Å². The Morgan fingerprint density at radius 1 is 1.20 bits per heavy atom. The first-order chi connectivity index (χ1) is 7.25. The van der Waals surface area contributed by atoms with Crippen molar-refractivity contribution >= 4 is 12.6 Å². The van der Waals surface area contributed by atoms with Crippen LogP contribution in [0.2, 0.25) is 0 Å². The number of hydrogen-bond acceptors (Lipinski definition) is 2. The van der Waals surface area contributed by atoms with Crippen LogP contribution < -0.4 is 0 Å². The third kappa shape index (κ3) is 3.54. The van der Waals surface area contributed by atoms with Gasteiger partial charge in [-0.05, 0) is 50.4 Å². The zero-order chi connectivity index (χ0) is 10.7.